The van der Waals surface area contributed by atoms with Crippen LogP contribution < -0.4 is 0 Å². The molecule has 0 saturated heterocycles. The molecule has 0 aromatic rings. The van der Waals surface area contributed by atoms with Gasteiger partial charge in [-0.2, -0.15) is 50.5 Å². The Bertz CT molecular complexity index is 79.7. The molecule has 0 heterocycles. The van der Waals surface area contributed by atoms with Crippen LogP contribution in [-0.4, -0.2) is 34.2 Å². The summed E-state index contributed by atoms with van der Waals surface area (Å²) in [5.41, 5.74) is 0. The predicted molar refractivity (Wildman–Crippen MR) is 61.0 cm³/mol. The van der Waals surface area contributed by atoms with Crippen molar-refractivity contribution in [2.24, 2.45) is 0 Å². The third-order valence-corrected chi connectivity index (χ3v) is 3.63. The van der Waals surface area contributed by atoms with Crippen LogP contribution in [0.5, 0.6) is 0 Å². The van der Waals surface area contributed by atoms with E-state index in [1.54, 1.807) is 0 Å². The van der Waals surface area contributed by atoms with Crippen molar-refractivity contribution < 1.29 is 0 Å². The molecule has 62 valence electrons. The molecule has 1 nitrogen and oxygen atoms in total. The van der Waals surface area contributed by atoms with Crippen LogP contribution in [0.4, 0.5) is 0 Å². The van der Waals surface area contributed by atoms with Gasteiger partial charge in [0, 0.05) is 11.5 Å². The number of hydrogen-bond donors (Lipinski definition) is 4. The Morgan fingerprint density at radius 3 is 1.60 bits per heavy atom. The van der Waals surface area contributed by atoms with Crippen LogP contribution >= 0.6 is 50.5 Å². The molecule has 0 saturated carbocycles. The second-order valence-corrected chi connectivity index (χ2v) is 3.91. The van der Waals surface area contributed by atoms with E-state index >= 15 is 0 Å². The highest BCUT2D eigenvalue weighted by Gasteiger charge is 2.13. The Balaban J connectivity index is 3.69. The van der Waals surface area contributed by atoms with Gasteiger partial charge in [-0.15, -0.1) is 0 Å². The number of thiol groups is 4. The monoisotopic (exact) mass is 215 g/mol. The Kier molecular flexibility index (Phi) is 6.75. The van der Waals surface area contributed by atoms with Crippen molar-refractivity contribution in [3.63, 3.8) is 0 Å². The summed E-state index contributed by atoms with van der Waals surface area (Å²) in [6, 6.07) is 0. The lowest BCUT2D eigenvalue weighted by molar-refractivity contribution is 0.331. The summed E-state index contributed by atoms with van der Waals surface area (Å²) in [6.07, 6.45) is 0. The van der Waals surface area contributed by atoms with Crippen LogP contribution in [0.15, 0.2) is 0 Å². The molecule has 0 N–H and O–H groups in total. The minimum absolute atomic E-state index is 0.165. The van der Waals surface area contributed by atoms with Crippen LogP contribution in [0.1, 0.15) is 0 Å². The molecule has 0 radical (unpaired) electrons. The first-order valence-electron chi connectivity index (χ1n) is 2.93. The zero-order valence-corrected chi connectivity index (χ0v) is 9.38. The molecule has 2 atom stereocenters. The van der Waals surface area contributed by atoms with Crippen molar-refractivity contribution in [1.29, 1.82) is 0 Å². The summed E-state index contributed by atoms with van der Waals surface area (Å²) in [6.45, 7) is 0. The van der Waals surface area contributed by atoms with Gasteiger partial charge in [0.15, 0.2) is 0 Å². The highest BCUT2D eigenvalue weighted by atomic mass is 32.1. The highest BCUT2D eigenvalue weighted by Crippen LogP contribution is 2.11. The van der Waals surface area contributed by atoms with E-state index in [2.05, 4.69) is 50.5 Å². The Labute approximate surface area is 84.6 Å². The molecular weight excluding hydrogens is 202 g/mol. The van der Waals surface area contributed by atoms with Crippen molar-refractivity contribution in [2.45, 2.75) is 10.7 Å². The predicted octanol–water partition coefficient (Wildman–Crippen LogP) is 1.29. The standard InChI is InChI=1S/C5H13NS4/c1-6(4(9)2-7)5(10)3-8/h4-5,7-10H,2-3H2,1H3. The van der Waals surface area contributed by atoms with Crippen LogP contribution in [0.3, 0.4) is 0 Å². The second kappa shape index (κ2) is 5.94. The number of rotatable bonds is 4. The topological polar surface area (TPSA) is 3.24 Å². The first kappa shape index (κ1) is 11.4. The van der Waals surface area contributed by atoms with E-state index in [0.29, 0.717) is 0 Å². The molecule has 0 amide bonds. The largest absolute Gasteiger partial charge is 0.281 e. The molecule has 0 rings (SSSR count). The fourth-order valence-corrected chi connectivity index (χ4v) is 1.40. The van der Waals surface area contributed by atoms with Crippen molar-refractivity contribution in [3.05, 3.63) is 0 Å². The van der Waals surface area contributed by atoms with Gasteiger partial charge in [0.05, 0.1) is 10.7 Å². The summed E-state index contributed by atoms with van der Waals surface area (Å²) in [5.74, 6) is 1.45. The Hall–Kier alpha value is 1.36. The zero-order valence-electron chi connectivity index (χ0n) is 5.80. The van der Waals surface area contributed by atoms with Gasteiger partial charge in [0.2, 0.25) is 0 Å². The lowest BCUT2D eigenvalue weighted by Gasteiger charge is -2.26. The van der Waals surface area contributed by atoms with Gasteiger partial charge in [-0.25, -0.2) is 0 Å². The van der Waals surface area contributed by atoms with Gasteiger partial charge < -0.3 is 0 Å². The maximum Gasteiger partial charge on any atom is 0.0623 e. The molecule has 0 aliphatic rings. The van der Waals surface area contributed by atoms with E-state index in [-0.39, 0.29) is 10.7 Å². The van der Waals surface area contributed by atoms with Gasteiger partial charge in [-0.05, 0) is 7.05 Å². The SMILES string of the molecule is CN(C(S)CS)C(S)CS. The summed E-state index contributed by atoms with van der Waals surface area (Å²) in [5, 5.41) is 0.330. The lowest BCUT2D eigenvalue weighted by Crippen LogP contribution is -2.36. The van der Waals surface area contributed by atoms with E-state index in [9.17, 15) is 0 Å². The zero-order chi connectivity index (χ0) is 8.15. The summed E-state index contributed by atoms with van der Waals surface area (Å²) < 4.78 is 0. The van der Waals surface area contributed by atoms with Crippen molar-refractivity contribution in [1.82, 2.24) is 4.90 Å². The molecular formula is C5H13NS4. The second-order valence-electron chi connectivity index (χ2n) is 1.99. The molecule has 0 aliphatic heterocycles. The third kappa shape index (κ3) is 3.67. The summed E-state index contributed by atoms with van der Waals surface area (Å²) in [7, 11) is 1.96. The van der Waals surface area contributed by atoms with Crippen LogP contribution in [0.25, 0.3) is 0 Å². The van der Waals surface area contributed by atoms with E-state index in [0.717, 1.165) is 11.5 Å². The highest BCUT2D eigenvalue weighted by molar-refractivity contribution is 7.85. The molecule has 0 aromatic heterocycles. The van der Waals surface area contributed by atoms with Crippen molar-refractivity contribution in [2.75, 3.05) is 18.6 Å². The third-order valence-electron chi connectivity index (χ3n) is 1.27. The maximum absolute atomic E-state index is 4.28. The minimum atomic E-state index is 0.165. The van der Waals surface area contributed by atoms with Crippen LogP contribution in [-0.2, 0) is 0 Å². The van der Waals surface area contributed by atoms with Crippen LogP contribution in [0.2, 0.25) is 0 Å². The van der Waals surface area contributed by atoms with Gasteiger partial charge in [-0.1, -0.05) is 0 Å². The fraction of sp³-hybridized carbons (Fsp3) is 1.00. The van der Waals surface area contributed by atoms with E-state index in [1.807, 2.05) is 11.9 Å². The van der Waals surface area contributed by atoms with E-state index in [4.69, 9.17) is 0 Å². The molecule has 10 heavy (non-hydrogen) atoms. The molecule has 0 bridgehead atoms. The average Bonchev–Trinajstić information content (AvgIpc) is 2.00. The first-order chi connectivity index (χ1) is 4.63. The normalized spacial score (nSPS) is 17.4. The fourth-order valence-electron chi connectivity index (χ4n) is 0.456. The molecule has 0 aliphatic carbocycles. The lowest BCUT2D eigenvalue weighted by atomic mass is 10.5. The molecule has 0 aromatic carbocycles. The summed E-state index contributed by atoms with van der Waals surface area (Å²) >= 11 is 16.8. The summed E-state index contributed by atoms with van der Waals surface area (Å²) in [4.78, 5) is 2.02. The van der Waals surface area contributed by atoms with E-state index in [1.165, 1.54) is 0 Å². The smallest absolute Gasteiger partial charge is 0.0623 e. The Morgan fingerprint density at radius 1 is 1.10 bits per heavy atom. The van der Waals surface area contributed by atoms with E-state index < -0.39 is 0 Å². The molecule has 5 heteroatoms. The van der Waals surface area contributed by atoms with Crippen molar-refractivity contribution in [3.8, 4) is 0 Å². The van der Waals surface area contributed by atoms with Gasteiger partial charge in [0.25, 0.3) is 0 Å². The van der Waals surface area contributed by atoms with Gasteiger partial charge >= 0.3 is 0 Å². The maximum atomic E-state index is 4.28. The number of nitrogens with zero attached hydrogens (tertiary/aromatic N) is 1. The first-order valence-corrected chi connectivity index (χ1v) is 5.23. The molecule has 2 unspecified atom stereocenters. The quantitative estimate of drug-likeness (QED) is 0.406. The van der Waals surface area contributed by atoms with Gasteiger partial charge in [-0.3, -0.25) is 4.90 Å². The Morgan fingerprint density at radius 2 is 1.40 bits per heavy atom. The minimum Gasteiger partial charge on any atom is -0.281 e. The van der Waals surface area contributed by atoms with Gasteiger partial charge in [0.1, 0.15) is 0 Å². The average molecular weight is 215 g/mol. The molecule has 0 spiro atoms. The number of hydrogen-bond acceptors (Lipinski definition) is 5. The van der Waals surface area contributed by atoms with Crippen molar-refractivity contribution >= 4 is 50.5 Å². The van der Waals surface area contributed by atoms with Crippen LogP contribution in [0, 0.1) is 0 Å². The molecule has 0 fully saturated rings.